The molecule has 3 heteroatoms. The molecule has 3 nitrogen and oxygen atoms in total. The standard InChI is InChI=1S/C13H20N2O/c1-11-13(2,6-10-16-11)15-9-5-12-3-7-14-8-4-12/h3-4,7-8,11,15H,5-6,9-10H2,1-2H3. The molecule has 1 aliphatic heterocycles. The molecule has 1 aliphatic rings. The number of rotatable bonds is 4. The van der Waals surface area contributed by atoms with Crippen LogP contribution in [0.5, 0.6) is 0 Å². The van der Waals surface area contributed by atoms with Gasteiger partial charge in [-0.05, 0) is 50.9 Å². The number of nitrogens with one attached hydrogen (secondary N) is 1. The van der Waals surface area contributed by atoms with E-state index in [-0.39, 0.29) is 5.54 Å². The van der Waals surface area contributed by atoms with E-state index in [1.807, 2.05) is 12.4 Å². The Hall–Kier alpha value is -0.930. The van der Waals surface area contributed by atoms with Crippen molar-refractivity contribution < 1.29 is 4.74 Å². The van der Waals surface area contributed by atoms with E-state index in [0.29, 0.717) is 6.10 Å². The molecule has 1 aromatic rings. The third-order valence-corrected chi connectivity index (χ3v) is 3.58. The zero-order chi connectivity index (χ0) is 11.4. The van der Waals surface area contributed by atoms with Crippen molar-refractivity contribution in [2.45, 2.75) is 38.3 Å². The Labute approximate surface area is 97.2 Å². The Bertz CT molecular complexity index is 328. The first-order chi connectivity index (χ1) is 7.71. The van der Waals surface area contributed by atoms with Crippen molar-refractivity contribution in [1.29, 1.82) is 0 Å². The first-order valence-electron chi connectivity index (χ1n) is 5.96. The quantitative estimate of drug-likeness (QED) is 0.840. The summed E-state index contributed by atoms with van der Waals surface area (Å²) in [4.78, 5) is 4.02. The zero-order valence-electron chi connectivity index (χ0n) is 10.1. The first-order valence-corrected chi connectivity index (χ1v) is 5.96. The number of hydrogen-bond acceptors (Lipinski definition) is 3. The van der Waals surface area contributed by atoms with E-state index in [1.54, 1.807) is 0 Å². The lowest BCUT2D eigenvalue weighted by molar-refractivity contribution is 0.0890. The van der Waals surface area contributed by atoms with Crippen molar-refractivity contribution in [1.82, 2.24) is 10.3 Å². The predicted octanol–water partition coefficient (Wildman–Crippen LogP) is 1.78. The van der Waals surface area contributed by atoms with Gasteiger partial charge in [-0.2, -0.15) is 0 Å². The van der Waals surface area contributed by atoms with Gasteiger partial charge in [0.1, 0.15) is 0 Å². The molecule has 88 valence electrons. The summed E-state index contributed by atoms with van der Waals surface area (Å²) in [5.74, 6) is 0. The molecule has 0 bridgehead atoms. The lowest BCUT2D eigenvalue weighted by Gasteiger charge is -2.29. The van der Waals surface area contributed by atoms with Crippen LogP contribution in [0.3, 0.4) is 0 Å². The molecule has 0 amide bonds. The molecular formula is C13H20N2O. The largest absolute Gasteiger partial charge is 0.377 e. The van der Waals surface area contributed by atoms with Gasteiger partial charge in [-0.1, -0.05) is 0 Å². The van der Waals surface area contributed by atoms with E-state index < -0.39 is 0 Å². The molecule has 2 atom stereocenters. The Balaban J connectivity index is 1.80. The zero-order valence-corrected chi connectivity index (χ0v) is 10.1. The highest BCUT2D eigenvalue weighted by atomic mass is 16.5. The lowest BCUT2D eigenvalue weighted by atomic mass is 9.94. The molecule has 16 heavy (non-hydrogen) atoms. The van der Waals surface area contributed by atoms with Crippen LogP contribution >= 0.6 is 0 Å². The van der Waals surface area contributed by atoms with Gasteiger partial charge in [0.25, 0.3) is 0 Å². The summed E-state index contributed by atoms with van der Waals surface area (Å²) < 4.78 is 5.60. The van der Waals surface area contributed by atoms with Crippen molar-refractivity contribution in [3.63, 3.8) is 0 Å². The maximum atomic E-state index is 5.60. The average Bonchev–Trinajstić information content (AvgIpc) is 2.61. The molecular weight excluding hydrogens is 200 g/mol. The van der Waals surface area contributed by atoms with E-state index in [0.717, 1.165) is 26.0 Å². The van der Waals surface area contributed by atoms with Gasteiger partial charge in [0.05, 0.1) is 6.10 Å². The molecule has 2 heterocycles. The fourth-order valence-corrected chi connectivity index (χ4v) is 2.11. The Kier molecular flexibility index (Phi) is 3.56. The van der Waals surface area contributed by atoms with Gasteiger partial charge in [-0.3, -0.25) is 4.98 Å². The van der Waals surface area contributed by atoms with Crippen molar-refractivity contribution in [3.05, 3.63) is 30.1 Å². The van der Waals surface area contributed by atoms with Crippen LogP contribution in [0, 0.1) is 0 Å². The van der Waals surface area contributed by atoms with E-state index in [9.17, 15) is 0 Å². The molecule has 0 radical (unpaired) electrons. The number of aromatic nitrogens is 1. The van der Waals surface area contributed by atoms with Crippen LogP contribution in [-0.2, 0) is 11.2 Å². The maximum Gasteiger partial charge on any atom is 0.0726 e. The van der Waals surface area contributed by atoms with Gasteiger partial charge in [-0.15, -0.1) is 0 Å². The van der Waals surface area contributed by atoms with Crippen LogP contribution in [0.25, 0.3) is 0 Å². The molecule has 0 saturated carbocycles. The minimum Gasteiger partial charge on any atom is -0.377 e. The van der Waals surface area contributed by atoms with Gasteiger partial charge in [0.15, 0.2) is 0 Å². The van der Waals surface area contributed by atoms with Crippen LogP contribution in [0.15, 0.2) is 24.5 Å². The van der Waals surface area contributed by atoms with Crippen LogP contribution in [-0.4, -0.2) is 29.8 Å². The molecule has 0 spiro atoms. The van der Waals surface area contributed by atoms with Crippen LogP contribution < -0.4 is 5.32 Å². The Morgan fingerprint density at radius 3 is 2.88 bits per heavy atom. The van der Waals surface area contributed by atoms with Crippen LogP contribution in [0.1, 0.15) is 25.8 Å². The number of nitrogens with zero attached hydrogens (tertiary/aromatic N) is 1. The van der Waals surface area contributed by atoms with Crippen LogP contribution in [0.2, 0.25) is 0 Å². The third-order valence-electron chi connectivity index (χ3n) is 3.58. The Morgan fingerprint density at radius 1 is 1.50 bits per heavy atom. The van der Waals surface area contributed by atoms with Gasteiger partial charge >= 0.3 is 0 Å². The van der Waals surface area contributed by atoms with Gasteiger partial charge in [0, 0.05) is 24.5 Å². The summed E-state index contributed by atoms with van der Waals surface area (Å²) in [6.07, 6.45) is 6.15. The predicted molar refractivity (Wildman–Crippen MR) is 64.4 cm³/mol. The molecule has 1 N–H and O–H groups in total. The number of hydrogen-bond donors (Lipinski definition) is 1. The molecule has 0 aliphatic carbocycles. The average molecular weight is 220 g/mol. The lowest BCUT2D eigenvalue weighted by Crippen LogP contribution is -2.48. The highest BCUT2D eigenvalue weighted by Gasteiger charge is 2.35. The van der Waals surface area contributed by atoms with Crippen molar-refractivity contribution >= 4 is 0 Å². The maximum absolute atomic E-state index is 5.60. The summed E-state index contributed by atoms with van der Waals surface area (Å²) in [5, 5.41) is 3.61. The second-order valence-electron chi connectivity index (χ2n) is 4.71. The topological polar surface area (TPSA) is 34.1 Å². The minimum absolute atomic E-state index is 0.146. The minimum atomic E-state index is 0.146. The van der Waals surface area contributed by atoms with Crippen molar-refractivity contribution in [3.8, 4) is 0 Å². The molecule has 1 fully saturated rings. The van der Waals surface area contributed by atoms with E-state index in [2.05, 4.69) is 36.3 Å². The highest BCUT2D eigenvalue weighted by Crippen LogP contribution is 2.24. The molecule has 0 aromatic carbocycles. The van der Waals surface area contributed by atoms with Crippen molar-refractivity contribution in [2.75, 3.05) is 13.2 Å². The van der Waals surface area contributed by atoms with E-state index in [4.69, 9.17) is 4.74 Å². The first kappa shape index (κ1) is 11.6. The summed E-state index contributed by atoms with van der Waals surface area (Å²) in [5.41, 5.74) is 1.48. The summed E-state index contributed by atoms with van der Waals surface area (Å²) in [7, 11) is 0. The molecule has 2 unspecified atom stereocenters. The number of ether oxygens (including phenoxy) is 1. The number of pyridine rings is 1. The van der Waals surface area contributed by atoms with Gasteiger partial charge < -0.3 is 10.1 Å². The fraction of sp³-hybridized carbons (Fsp3) is 0.615. The normalized spacial score (nSPS) is 29.5. The molecule has 1 aromatic heterocycles. The van der Waals surface area contributed by atoms with E-state index in [1.165, 1.54) is 5.56 Å². The van der Waals surface area contributed by atoms with Crippen molar-refractivity contribution in [2.24, 2.45) is 0 Å². The molecule has 1 saturated heterocycles. The fourth-order valence-electron chi connectivity index (χ4n) is 2.11. The second kappa shape index (κ2) is 4.93. The molecule has 2 rings (SSSR count). The van der Waals surface area contributed by atoms with E-state index >= 15 is 0 Å². The monoisotopic (exact) mass is 220 g/mol. The smallest absolute Gasteiger partial charge is 0.0726 e. The van der Waals surface area contributed by atoms with Gasteiger partial charge in [0.2, 0.25) is 0 Å². The van der Waals surface area contributed by atoms with Gasteiger partial charge in [-0.25, -0.2) is 0 Å². The van der Waals surface area contributed by atoms with Crippen LogP contribution in [0.4, 0.5) is 0 Å². The highest BCUT2D eigenvalue weighted by molar-refractivity contribution is 5.10. The summed E-state index contributed by atoms with van der Waals surface area (Å²) >= 11 is 0. The third kappa shape index (κ3) is 2.60. The second-order valence-corrected chi connectivity index (χ2v) is 4.71. The summed E-state index contributed by atoms with van der Waals surface area (Å²) in [6.45, 7) is 6.26. The Morgan fingerprint density at radius 2 is 2.25 bits per heavy atom. The summed E-state index contributed by atoms with van der Waals surface area (Å²) in [6, 6.07) is 4.14. The SMILES string of the molecule is CC1OCCC1(C)NCCc1ccncc1.